The first kappa shape index (κ1) is 46.3. The van der Waals surface area contributed by atoms with Crippen LogP contribution < -0.4 is 0 Å². The minimum absolute atomic E-state index is 0.141. The molecule has 2 bridgehead atoms. The van der Waals surface area contributed by atoms with Crippen LogP contribution in [-0.2, 0) is 57.0 Å². The number of methoxy groups -OCH3 is 1. The maximum atomic E-state index is 14.6. The molecule has 0 aromatic heterocycles. The second kappa shape index (κ2) is 17.9. The maximum absolute atomic E-state index is 14.6. The molecule has 4 aliphatic heterocycles. The van der Waals surface area contributed by atoms with Crippen LogP contribution in [-0.4, -0.2) is 138 Å². The molecule has 0 saturated carbocycles. The van der Waals surface area contributed by atoms with Gasteiger partial charge in [-0.05, 0) is 81.0 Å². The molecule has 15 nitrogen and oxygen atoms in total. The first-order valence-electron chi connectivity index (χ1n) is 20.1. The van der Waals surface area contributed by atoms with Gasteiger partial charge in [0.1, 0.15) is 47.0 Å². The second-order valence-corrected chi connectivity index (χ2v) is 17.5. The summed E-state index contributed by atoms with van der Waals surface area (Å²) in [5, 5.41) is 23.9. The molecule has 17 atom stereocenters. The largest absolute Gasteiger partial charge is 0.488 e. The first-order valence-corrected chi connectivity index (χ1v) is 20.1. The van der Waals surface area contributed by atoms with Crippen molar-refractivity contribution < 1.29 is 67.2 Å². The normalized spacial score (nSPS) is 42.5. The standard InChI is InChI=1S/C41H69NO14/c1-16-29(51-26(8)43)41(12,47)35-22(4)32-20(2)18-40(11,56-32)34(55-38-31(45)28(42(13)14)17-21(3)49-38)23(5)33(24(6)37(46)54-35)53-30-19-39(10,48-15)36(25(7)50-30)52-27(9)44/h21-25,28-31,33-36,38,45,47H,16-19H2,1-15H3/t21-,22+,23+,24-,25+,28+,29-,30?,31-,33+,34-,35-,36+,38?,39-,40-,41-/m1/s1. The predicted molar refractivity (Wildman–Crippen MR) is 203 cm³/mol. The Morgan fingerprint density at radius 2 is 1.66 bits per heavy atom. The van der Waals surface area contributed by atoms with Crippen LogP contribution in [0.5, 0.6) is 0 Å². The van der Waals surface area contributed by atoms with E-state index in [0.717, 1.165) is 5.57 Å². The van der Waals surface area contributed by atoms with Gasteiger partial charge in [0.05, 0.1) is 30.1 Å². The molecule has 0 radical (unpaired) electrons. The van der Waals surface area contributed by atoms with E-state index in [9.17, 15) is 24.6 Å². The highest BCUT2D eigenvalue weighted by Crippen LogP contribution is 2.48. The SMILES string of the molecule is CC[C@@H](OC(C)=O)[C@@](C)(O)[C@@H]1OC(=O)[C@H](C)[C@@H](OC2C[C@@](C)(OC)[C@@H](OC(C)=O)[C@H](C)O2)[C@H](C)[C@@H](OC2O[C@H](C)C[C@H](N(C)C)[C@H]2O)[C@@]2(C)CC(C)=C(O2)[C@@H]1C. The summed E-state index contributed by atoms with van der Waals surface area (Å²) < 4.78 is 56.9. The highest BCUT2D eigenvalue weighted by molar-refractivity contribution is 5.73. The number of aliphatic hydroxyl groups is 2. The molecule has 4 aliphatic rings. The Labute approximate surface area is 332 Å². The van der Waals surface area contributed by atoms with E-state index in [-0.39, 0.29) is 25.0 Å². The smallest absolute Gasteiger partial charge is 0.311 e. The minimum atomic E-state index is -1.85. The molecule has 56 heavy (non-hydrogen) atoms. The summed E-state index contributed by atoms with van der Waals surface area (Å²) in [6, 6.07) is -0.253. The lowest BCUT2D eigenvalue weighted by Gasteiger charge is -2.49. The van der Waals surface area contributed by atoms with Crippen LogP contribution in [0.4, 0.5) is 0 Å². The molecule has 2 unspecified atom stereocenters. The minimum Gasteiger partial charge on any atom is -0.488 e. The van der Waals surface area contributed by atoms with Crippen LogP contribution in [0.1, 0.15) is 109 Å². The molecular formula is C41H69NO14. The number of hydrogen-bond donors (Lipinski definition) is 2. The van der Waals surface area contributed by atoms with E-state index in [4.69, 9.17) is 42.6 Å². The number of likely N-dealkylation sites (N-methyl/N-ethyl adjacent to an activating group) is 1. The first-order chi connectivity index (χ1) is 25.9. The number of ether oxygens (including phenoxy) is 9. The fourth-order valence-corrected chi connectivity index (χ4v) is 9.51. The summed E-state index contributed by atoms with van der Waals surface area (Å²) in [5.74, 6) is -3.56. The zero-order valence-corrected chi connectivity index (χ0v) is 36.2. The number of esters is 3. The Hall–Kier alpha value is -2.37. The summed E-state index contributed by atoms with van der Waals surface area (Å²) in [7, 11) is 5.33. The summed E-state index contributed by atoms with van der Waals surface area (Å²) in [4.78, 5) is 40.8. The van der Waals surface area contributed by atoms with Crippen molar-refractivity contribution in [3.8, 4) is 0 Å². The Bertz CT molecular complexity index is 1440. The van der Waals surface area contributed by atoms with Crippen LogP contribution in [0.2, 0.25) is 0 Å². The van der Waals surface area contributed by atoms with E-state index in [2.05, 4.69) is 0 Å². The van der Waals surface area contributed by atoms with Gasteiger partial charge < -0.3 is 57.7 Å². The maximum Gasteiger partial charge on any atom is 0.311 e. The van der Waals surface area contributed by atoms with Gasteiger partial charge in [-0.15, -0.1) is 0 Å². The van der Waals surface area contributed by atoms with Crippen LogP contribution >= 0.6 is 0 Å². The third-order valence-corrected chi connectivity index (χ3v) is 12.5. The van der Waals surface area contributed by atoms with Crippen molar-refractivity contribution in [2.75, 3.05) is 21.2 Å². The van der Waals surface area contributed by atoms with E-state index in [1.807, 2.05) is 60.5 Å². The molecule has 4 rings (SSSR count). The van der Waals surface area contributed by atoms with Gasteiger partial charge in [-0.25, -0.2) is 0 Å². The Morgan fingerprint density at radius 3 is 2.21 bits per heavy atom. The number of nitrogens with zero attached hydrogens (tertiary/aromatic N) is 1. The second-order valence-electron chi connectivity index (χ2n) is 17.5. The number of carbonyl (C=O) groups excluding carboxylic acids is 3. The van der Waals surface area contributed by atoms with Crippen molar-refractivity contribution in [2.24, 2.45) is 17.8 Å². The third kappa shape index (κ3) is 9.56. The number of aliphatic hydroxyl groups excluding tert-OH is 1. The predicted octanol–water partition coefficient (Wildman–Crippen LogP) is 4.03. The Morgan fingerprint density at radius 1 is 1.02 bits per heavy atom. The average Bonchev–Trinajstić information content (AvgIpc) is 3.42. The summed E-state index contributed by atoms with van der Waals surface area (Å²) in [5.41, 5.74) is -3.09. The molecule has 0 aromatic rings. The molecule has 0 amide bonds. The van der Waals surface area contributed by atoms with Crippen LogP contribution in [0.25, 0.3) is 0 Å². The Kier molecular flexibility index (Phi) is 14.8. The van der Waals surface area contributed by atoms with Gasteiger partial charge in [-0.1, -0.05) is 20.8 Å². The van der Waals surface area contributed by atoms with Gasteiger partial charge in [0.2, 0.25) is 0 Å². The lowest BCUT2D eigenvalue weighted by Crippen LogP contribution is -2.60. The van der Waals surface area contributed by atoms with Crippen molar-refractivity contribution >= 4 is 17.9 Å². The lowest BCUT2D eigenvalue weighted by molar-refractivity contribution is -0.317. The van der Waals surface area contributed by atoms with Crippen molar-refractivity contribution in [1.82, 2.24) is 4.90 Å². The van der Waals surface area contributed by atoms with E-state index in [0.29, 0.717) is 18.6 Å². The topological polar surface area (TPSA) is 178 Å². The molecule has 0 spiro atoms. The van der Waals surface area contributed by atoms with E-state index >= 15 is 0 Å². The quantitative estimate of drug-likeness (QED) is 0.226. The molecular weight excluding hydrogens is 730 g/mol. The summed E-state index contributed by atoms with van der Waals surface area (Å²) in [6.07, 6.45) is -7.31. The molecule has 4 heterocycles. The van der Waals surface area contributed by atoms with Gasteiger partial charge in [-0.3, -0.25) is 14.4 Å². The number of hydrogen-bond acceptors (Lipinski definition) is 15. The molecule has 3 fully saturated rings. The highest BCUT2D eigenvalue weighted by Gasteiger charge is 2.57. The lowest BCUT2D eigenvalue weighted by atomic mass is 9.78. The van der Waals surface area contributed by atoms with Gasteiger partial charge in [0, 0.05) is 45.8 Å². The average molecular weight is 800 g/mol. The molecule has 2 N–H and O–H groups in total. The van der Waals surface area contributed by atoms with Crippen LogP contribution in [0.3, 0.4) is 0 Å². The molecule has 15 heteroatoms. The highest BCUT2D eigenvalue weighted by atomic mass is 16.7. The van der Waals surface area contributed by atoms with Crippen LogP contribution in [0, 0.1) is 17.8 Å². The molecule has 3 saturated heterocycles. The van der Waals surface area contributed by atoms with Gasteiger partial charge in [0.15, 0.2) is 18.7 Å². The fourth-order valence-electron chi connectivity index (χ4n) is 9.51. The zero-order chi connectivity index (χ0) is 42.2. The van der Waals surface area contributed by atoms with Crippen molar-refractivity contribution in [3.05, 3.63) is 11.3 Å². The summed E-state index contributed by atoms with van der Waals surface area (Å²) >= 11 is 0. The van der Waals surface area contributed by atoms with Crippen molar-refractivity contribution in [2.45, 2.75) is 193 Å². The van der Waals surface area contributed by atoms with Crippen molar-refractivity contribution in [3.63, 3.8) is 0 Å². The third-order valence-electron chi connectivity index (χ3n) is 12.5. The molecule has 0 aliphatic carbocycles. The number of cyclic esters (lactones) is 1. The van der Waals surface area contributed by atoms with Gasteiger partial charge in [-0.2, -0.15) is 0 Å². The Balaban J connectivity index is 1.85. The number of fused-ring (bicyclic) bond motifs is 2. The molecule has 0 aromatic carbocycles. The van der Waals surface area contributed by atoms with Gasteiger partial charge in [0.25, 0.3) is 0 Å². The number of carbonyl (C=O) groups is 3. The van der Waals surface area contributed by atoms with Crippen molar-refractivity contribution in [1.29, 1.82) is 0 Å². The van der Waals surface area contributed by atoms with Crippen LogP contribution in [0.15, 0.2) is 11.3 Å². The van der Waals surface area contributed by atoms with E-state index in [1.54, 1.807) is 20.8 Å². The van der Waals surface area contributed by atoms with Gasteiger partial charge >= 0.3 is 17.9 Å². The van der Waals surface area contributed by atoms with E-state index < -0.39 is 108 Å². The zero-order valence-electron chi connectivity index (χ0n) is 36.2. The monoisotopic (exact) mass is 799 g/mol. The fraction of sp³-hybridized carbons (Fsp3) is 0.878. The van der Waals surface area contributed by atoms with E-state index in [1.165, 1.54) is 27.9 Å². The summed E-state index contributed by atoms with van der Waals surface area (Å²) in [6.45, 7) is 20.6. The number of rotatable bonds is 11. The molecule has 322 valence electrons.